The molecular formula is C19H20N2O. The van der Waals surface area contributed by atoms with Crippen LogP contribution in [0.4, 0.5) is 5.69 Å². The predicted molar refractivity (Wildman–Crippen MR) is 88.0 cm³/mol. The quantitative estimate of drug-likeness (QED) is 0.936. The molecule has 1 aliphatic carbocycles. The van der Waals surface area contributed by atoms with E-state index in [0.717, 1.165) is 31.4 Å². The van der Waals surface area contributed by atoms with Gasteiger partial charge in [0.15, 0.2) is 0 Å². The molecule has 112 valence electrons. The van der Waals surface area contributed by atoms with E-state index >= 15 is 0 Å². The van der Waals surface area contributed by atoms with Crippen molar-refractivity contribution in [3.63, 3.8) is 0 Å². The fourth-order valence-corrected chi connectivity index (χ4v) is 3.14. The number of rotatable bonds is 4. The maximum Gasteiger partial charge on any atom is 0.254 e. The maximum absolute atomic E-state index is 12.9. The van der Waals surface area contributed by atoms with E-state index in [9.17, 15) is 4.79 Å². The molecule has 1 N–H and O–H groups in total. The molecule has 2 aromatic carbocycles. The van der Waals surface area contributed by atoms with E-state index in [-0.39, 0.29) is 5.91 Å². The van der Waals surface area contributed by atoms with E-state index < -0.39 is 0 Å². The van der Waals surface area contributed by atoms with Crippen LogP contribution in [0.1, 0.15) is 34.3 Å². The van der Waals surface area contributed by atoms with Crippen molar-refractivity contribution in [2.45, 2.75) is 31.8 Å². The summed E-state index contributed by atoms with van der Waals surface area (Å²) >= 11 is 0. The molecule has 3 heteroatoms. The van der Waals surface area contributed by atoms with Crippen LogP contribution >= 0.6 is 0 Å². The Morgan fingerprint density at radius 2 is 1.95 bits per heavy atom. The molecule has 3 nitrogen and oxygen atoms in total. The van der Waals surface area contributed by atoms with Crippen LogP contribution in [0, 0.1) is 0 Å². The van der Waals surface area contributed by atoms with Gasteiger partial charge in [0.2, 0.25) is 0 Å². The van der Waals surface area contributed by atoms with E-state index in [4.69, 9.17) is 0 Å². The van der Waals surface area contributed by atoms with Crippen LogP contribution in [0.2, 0.25) is 0 Å². The van der Waals surface area contributed by atoms with Gasteiger partial charge in [0, 0.05) is 30.4 Å². The Labute approximate surface area is 131 Å². The molecule has 1 amide bonds. The molecule has 0 atom stereocenters. The van der Waals surface area contributed by atoms with Gasteiger partial charge in [-0.1, -0.05) is 30.3 Å². The van der Waals surface area contributed by atoms with Gasteiger partial charge in [0.05, 0.1) is 0 Å². The Bertz CT molecular complexity index is 692. The van der Waals surface area contributed by atoms with Gasteiger partial charge in [-0.3, -0.25) is 4.79 Å². The fourth-order valence-electron chi connectivity index (χ4n) is 3.14. The van der Waals surface area contributed by atoms with Gasteiger partial charge in [-0.25, -0.2) is 0 Å². The summed E-state index contributed by atoms with van der Waals surface area (Å²) < 4.78 is 0. The topological polar surface area (TPSA) is 32.3 Å². The first kappa shape index (κ1) is 13.4. The number of benzene rings is 2. The van der Waals surface area contributed by atoms with Crippen LogP contribution in [-0.2, 0) is 13.0 Å². The highest BCUT2D eigenvalue weighted by molar-refractivity contribution is 5.95. The molecule has 1 fully saturated rings. The van der Waals surface area contributed by atoms with Crippen molar-refractivity contribution in [2.24, 2.45) is 0 Å². The summed E-state index contributed by atoms with van der Waals surface area (Å²) in [6.07, 6.45) is 3.27. The minimum absolute atomic E-state index is 0.168. The van der Waals surface area contributed by atoms with Gasteiger partial charge in [-0.15, -0.1) is 0 Å². The highest BCUT2D eigenvalue weighted by atomic mass is 16.2. The summed E-state index contributed by atoms with van der Waals surface area (Å²) in [5, 5.41) is 3.35. The first-order valence-electron chi connectivity index (χ1n) is 8.03. The Morgan fingerprint density at radius 1 is 1.14 bits per heavy atom. The average Bonchev–Trinajstić information content (AvgIpc) is 3.29. The molecule has 4 rings (SSSR count). The number of carbonyl (C=O) groups is 1. The zero-order chi connectivity index (χ0) is 14.9. The Kier molecular flexibility index (Phi) is 3.34. The van der Waals surface area contributed by atoms with Gasteiger partial charge >= 0.3 is 0 Å². The number of amides is 1. The smallest absolute Gasteiger partial charge is 0.254 e. The molecule has 1 aliphatic heterocycles. The lowest BCUT2D eigenvalue weighted by molar-refractivity contribution is 0.0730. The third-order valence-corrected chi connectivity index (χ3v) is 4.51. The SMILES string of the molecule is O=C(c1ccc2c(c1)CCN2)N(Cc1ccccc1)C1CC1. The van der Waals surface area contributed by atoms with Crippen molar-refractivity contribution in [3.05, 3.63) is 65.2 Å². The number of fused-ring (bicyclic) bond motifs is 1. The van der Waals surface area contributed by atoms with Crippen LogP contribution in [0.5, 0.6) is 0 Å². The molecule has 2 aromatic rings. The first-order valence-corrected chi connectivity index (χ1v) is 8.03. The average molecular weight is 292 g/mol. The van der Waals surface area contributed by atoms with Crippen molar-refractivity contribution in [3.8, 4) is 0 Å². The minimum Gasteiger partial charge on any atom is -0.384 e. The maximum atomic E-state index is 12.9. The molecule has 2 aliphatic rings. The monoisotopic (exact) mass is 292 g/mol. The van der Waals surface area contributed by atoms with Gasteiger partial charge in [-0.2, -0.15) is 0 Å². The zero-order valence-corrected chi connectivity index (χ0v) is 12.6. The number of anilines is 1. The molecule has 1 heterocycles. The Balaban J connectivity index is 1.58. The van der Waals surface area contributed by atoms with Crippen LogP contribution in [0.25, 0.3) is 0 Å². The Hall–Kier alpha value is -2.29. The molecule has 0 aromatic heterocycles. The van der Waals surface area contributed by atoms with Gasteiger partial charge < -0.3 is 10.2 Å². The summed E-state index contributed by atoms with van der Waals surface area (Å²) in [5.41, 5.74) is 4.47. The van der Waals surface area contributed by atoms with Gasteiger partial charge in [-0.05, 0) is 48.6 Å². The summed E-state index contributed by atoms with van der Waals surface area (Å²) in [6, 6.07) is 16.8. The molecule has 0 bridgehead atoms. The largest absolute Gasteiger partial charge is 0.384 e. The third-order valence-electron chi connectivity index (χ3n) is 4.51. The lowest BCUT2D eigenvalue weighted by Crippen LogP contribution is -2.32. The number of nitrogens with one attached hydrogen (secondary N) is 1. The lowest BCUT2D eigenvalue weighted by atomic mass is 10.1. The minimum atomic E-state index is 0.168. The van der Waals surface area contributed by atoms with Gasteiger partial charge in [0.25, 0.3) is 5.91 Å². The standard InChI is InChI=1S/C19H20N2O/c22-19(16-6-9-18-15(12-16)10-11-20-18)21(17-7-8-17)13-14-4-2-1-3-5-14/h1-6,9,12,17,20H,7-8,10-11,13H2. The number of hydrogen-bond acceptors (Lipinski definition) is 2. The predicted octanol–water partition coefficient (Wildman–Crippen LogP) is 3.46. The van der Waals surface area contributed by atoms with E-state index in [2.05, 4.69) is 23.5 Å². The van der Waals surface area contributed by atoms with Crippen molar-refractivity contribution in [1.82, 2.24) is 4.90 Å². The summed E-state index contributed by atoms with van der Waals surface area (Å²) in [4.78, 5) is 15.0. The Morgan fingerprint density at radius 3 is 2.73 bits per heavy atom. The first-order chi connectivity index (χ1) is 10.8. The fraction of sp³-hybridized carbons (Fsp3) is 0.316. The van der Waals surface area contributed by atoms with Crippen molar-refractivity contribution >= 4 is 11.6 Å². The van der Waals surface area contributed by atoms with E-state index in [1.165, 1.54) is 16.8 Å². The number of nitrogens with zero attached hydrogens (tertiary/aromatic N) is 1. The second-order valence-corrected chi connectivity index (χ2v) is 6.20. The summed E-state index contributed by atoms with van der Waals surface area (Å²) in [5.74, 6) is 0.168. The van der Waals surface area contributed by atoms with Crippen molar-refractivity contribution in [1.29, 1.82) is 0 Å². The second kappa shape index (κ2) is 5.48. The number of carbonyl (C=O) groups excluding carboxylic acids is 1. The molecule has 0 spiro atoms. The third kappa shape index (κ3) is 2.59. The normalized spacial score (nSPS) is 16.0. The lowest BCUT2D eigenvalue weighted by Gasteiger charge is -2.23. The zero-order valence-electron chi connectivity index (χ0n) is 12.6. The van der Waals surface area contributed by atoms with Crippen molar-refractivity contribution < 1.29 is 4.79 Å². The highest BCUT2D eigenvalue weighted by Gasteiger charge is 2.33. The molecule has 0 saturated heterocycles. The van der Waals surface area contributed by atoms with Crippen LogP contribution in [-0.4, -0.2) is 23.4 Å². The molecule has 0 unspecified atom stereocenters. The molecule has 0 radical (unpaired) electrons. The summed E-state index contributed by atoms with van der Waals surface area (Å²) in [7, 11) is 0. The van der Waals surface area contributed by atoms with E-state index in [1.807, 2.05) is 35.2 Å². The molecule has 22 heavy (non-hydrogen) atoms. The second-order valence-electron chi connectivity index (χ2n) is 6.20. The van der Waals surface area contributed by atoms with Crippen LogP contribution in [0.15, 0.2) is 48.5 Å². The number of hydrogen-bond donors (Lipinski definition) is 1. The molecule has 1 saturated carbocycles. The van der Waals surface area contributed by atoms with Gasteiger partial charge in [0.1, 0.15) is 0 Å². The van der Waals surface area contributed by atoms with Crippen LogP contribution < -0.4 is 5.32 Å². The van der Waals surface area contributed by atoms with Crippen molar-refractivity contribution in [2.75, 3.05) is 11.9 Å². The van der Waals surface area contributed by atoms with E-state index in [1.54, 1.807) is 0 Å². The van der Waals surface area contributed by atoms with Crippen LogP contribution in [0.3, 0.4) is 0 Å². The summed E-state index contributed by atoms with van der Waals surface area (Å²) in [6.45, 7) is 1.68. The molecular weight excluding hydrogens is 272 g/mol. The van der Waals surface area contributed by atoms with E-state index in [0.29, 0.717) is 12.6 Å². The highest BCUT2D eigenvalue weighted by Crippen LogP contribution is 2.31.